The average Bonchev–Trinajstić information content (AvgIpc) is 2.35. The number of piperidine rings is 1. The number of nitrogens with one attached hydrogen (secondary N) is 1. The zero-order chi connectivity index (χ0) is 13.0. The van der Waals surface area contributed by atoms with Crippen LogP contribution < -0.4 is 5.32 Å². The molecule has 4 heteroatoms. The van der Waals surface area contributed by atoms with E-state index in [1.807, 2.05) is 0 Å². The van der Waals surface area contributed by atoms with Crippen LogP contribution in [0.15, 0.2) is 24.3 Å². The van der Waals surface area contributed by atoms with Gasteiger partial charge >= 0.3 is 0 Å². The highest BCUT2D eigenvalue weighted by atomic mass is 19.1. The van der Waals surface area contributed by atoms with Crippen molar-refractivity contribution >= 4 is 11.6 Å². The van der Waals surface area contributed by atoms with Crippen molar-refractivity contribution in [3.63, 3.8) is 0 Å². The van der Waals surface area contributed by atoms with E-state index in [1.165, 1.54) is 12.5 Å². The molecule has 1 saturated heterocycles. The first-order valence-electron chi connectivity index (χ1n) is 6.45. The van der Waals surface area contributed by atoms with Gasteiger partial charge in [-0.25, -0.2) is 4.39 Å². The lowest BCUT2D eigenvalue weighted by Gasteiger charge is -2.32. The van der Waals surface area contributed by atoms with Gasteiger partial charge in [-0.05, 0) is 38.4 Å². The summed E-state index contributed by atoms with van der Waals surface area (Å²) in [6.07, 6.45) is 3.50. The molecule has 1 fully saturated rings. The van der Waals surface area contributed by atoms with E-state index >= 15 is 0 Å². The number of nitrogens with zero attached hydrogens (tertiary/aromatic N) is 1. The van der Waals surface area contributed by atoms with Gasteiger partial charge in [0.15, 0.2) is 0 Å². The predicted octanol–water partition coefficient (Wildman–Crippen LogP) is 2.64. The van der Waals surface area contributed by atoms with Gasteiger partial charge in [0, 0.05) is 6.04 Å². The maximum absolute atomic E-state index is 13.4. The molecule has 0 bridgehead atoms. The molecule has 0 aliphatic carbocycles. The highest BCUT2D eigenvalue weighted by Crippen LogP contribution is 2.17. The fraction of sp³-hybridized carbons (Fsp3) is 0.500. The van der Waals surface area contributed by atoms with Crippen molar-refractivity contribution in [1.29, 1.82) is 0 Å². The molecule has 1 heterocycles. The zero-order valence-electron chi connectivity index (χ0n) is 10.7. The first-order chi connectivity index (χ1) is 8.66. The van der Waals surface area contributed by atoms with Crippen molar-refractivity contribution in [3.8, 4) is 0 Å². The summed E-state index contributed by atoms with van der Waals surface area (Å²) in [6, 6.07) is 6.68. The van der Waals surface area contributed by atoms with Gasteiger partial charge in [-0.1, -0.05) is 18.6 Å². The van der Waals surface area contributed by atoms with E-state index in [0.717, 1.165) is 19.4 Å². The number of carbonyl (C=O) groups is 1. The zero-order valence-corrected chi connectivity index (χ0v) is 10.7. The number of halogens is 1. The van der Waals surface area contributed by atoms with Gasteiger partial charge in [0.2, 0.25) is 5.91 Å². The number of hydrogen-bond donors (Lipinski definition) is 1. The van der Waals surface area contributed by atoms with Crippen molar-refractivity contribution in [1.82, 2.24) is 4.90 Å². The molecule has 0 saturated carbocycles. The molecule has 1 atom stereocenters. The van der Waals surface area contributed by atoms with Crippen molar-refractivity contribution in [2.24, 2.45) is 0 Å². The smallest absolute Gasteiger partial charge is 0.238 e. The van der Waals surface area contributed by atoms with E-state index in [2.05, 4.69) is 17.1 Å². The Hall–Kier alpha value is -1.42. The van der Waals surface area contributed by atoms with Gasteiger partial charge < -0.3 is 5.32 Å². The Morgan fingerprint density at radius 1 is 1.44 bits per heavy atom. The minimum atomic E-state index is -0.391. The summed E-state index contributed by atoms with van der Waals surface area (Å²) in [5.74, 6) is -0.536. The van der Waals surface area contributed by atoms with E-state index < -0.39 is 5.82 Å². The second kappa shape index (κ2) is 5.96. The van der Waals surface area contributed by atoms with Crippen LogP contribution in [0.5, 0.6) is 0 Å². The number of anilines is 1. The molecule has 1 unspecified atom stereocenters. The highest BCUT2D eigenvalue weighted by Gasteiger charge is 2.20. The van der Waals surface area contributed by atoms with Gasteiger partial charge in [0.1, 0.15) is 5.82 Å². The maximum atomic E-state index is 13.4. The van der Waals surface area contributed by atoms with Crippen molar-refractivity contribution < 1.29 is 9.18 Å². The Kier molecular flexibility index (Phi) is 4.31. The maximum Gasteiger partial charge on any atom is 0.238 e. The number of rotatable bonds is 3. The predicted molar refractivity (Wildman–Crippen MR) is 69.9 cm³/mol. The van der Waals surface area contributed by atoms with E-state index in [-0.39, 0.29) is 11.6 Å². The lowest BCUT2D eigenvalue weighted by atomic mass is 10.0. The van der Waals surface area contributed by atoms with Crippen LogP contribution in [0.25, 0.3) is 0 Å². The van der Waals surface area contributed by atoms with Crippen LogP contribution in [0.1, 0.15) is 26.2 Å². The fourth-order valence-corrected chi connectivity index (χ4v) is 2.33. The second-order valence-corrected chi connectivity index (χ2v) is 4.84. The molecule has 0 radical (unpaired) electrons. The molecule has 1 N–H and O–H groups in total. The van der Waals surface area contributed by atoms with Gasteiger partial charge in [-0.3, -0.25) is 9.69 Å². The van der Waals surface area contributed by atoms with Crippen LogP contribution in [0, 0.1) is 5.82 Å². The molecule has 0 spiro atoms. The normalized spacial score (nSPS) is 20.7. The molecule has 1 aliphatic rings. The van der Waals surface area contributed by atoms with Crippen molar-refractivity contribution in [2.45, 2.75) is 32.2 Å². The first kappa shape index (κ1) is 13.0. The molecule has 1 aromatic carbocycles. The summed E-state index contributed by atoms with van der Waals surface area (Å²) in [7, 11) is 0. The van der Waals surface area contributed by atoms with Gasteiger partial charge in [0.25, 0.3) is 0 Å². The fourth-order valence-electron chi connectivity index (χ4n) is 2.33. The average molecular weight is 250 g/mol. The molecule has 1 aliphatic heterocycles. The highest BCUT2D eigenvalue weighted by molar-refractivity contribution is 5.92. The van der Waals surface area contributed by atoms with E-state index in [9.17, 15) is 9.18 Å². The van der Waals surface area contributed by atoms with Gasteiger partial charge in [0.05, 0.1) is 12.2 Å². The van der Waals surface area contributed by atoms with Crippen LogP contribution in [-0.4, -0.2) is 29.9 Å². The standard InChI is InChI=1S/C14H19FN2O/c1-11-6-4-5-9-17(11)10-14(18)16-13-8-3-2-7-12(13)15/h2-3,7-8,11H,4-6,9-10H2,1H3,(H,16,18). The van der Waals surface area contributed by atoms with Crippen molar-refractivity contribution in [2.75, 3.05) is 18.4 Å². The van der Waals surface area contributed by atoms with E-state index in [0.29, 0.717) is 12.6 Å². The monoisotopic (exact) mass is 250 g/mol. The van der Waals surface area contributed by atoms with Gasteiger partial charge in [-0.2, -0.15) is 0 Å². The summed E-state index contributed by atoms with van der Waals surface area (Å²) in [5, 5.41) is 2.62. The summed E-state index contributed by atoms with van der Waals surface area (Å²) in [5.41, 5.74) is 0.257. The Balaban J connectivity index is 1.90. The first-order valence-corrected chi connectivity index (χ1v) is 6.45. The summed E-state index contributed by atoms with van der Waals surface area (Å²) in [4.78, 5) is 14.0. The Morgan fingerprint density at radius 2 is 2.22 bits per heavy atom. The van der Waals surface area contributed by atoms with E-state index in [4.69, 9.17) is 0 Å². The number of amides is 1. The number of benzene rings is 1. The van der Waals surface area contributed by atoms with Crippen molar-refractivity contribution in [3.05, 3.63) is 30.1 Å². The molecular weight excluding hydrogens is 231 g/mol. The van der Waals surface area contributed by atoms with Crippen LogP contribution in [0.4, 0.5) is 10.1 Å². The summed E-state index contributed by atoms with van der Waals surface area (Å²) >= 11 is 0. The van der Waals surface area contributed by atoms with Crippen LogP contribution in [-0.2, 0) is 4.79 Å². The van der Waals surface area contributed by atoms with E-state index in [1.54, 1.807) is 18.2 Å². The quantitative estimate of drug-likeness (QED) is 0.894. The molecule has 18 heavy (non-hydrogen) atoms. The topological polar surface area (TPSA) is 32.3 Å². The molecular formula is C14H19FN2O. The summed E-state index contributed by atoms with van der Waals surface area (Å²) in [6.45, 7) is 3.43. The minimum absolute atomic E-state index is 0.145. The Labute approximate surface area is 107 Å². The molecule has 0 aromatic heterocycles. The minimum Gasteiger partial charge on any atom is -0.322 e. The summed E-state index contributed by atoms with van der Waals surface area (Å²) < 4.78 is 13.4. The molecule has 98 valence electrons. The largest absolute Gasteiger partial charge is 0.322 e. The lowest BCUT2D eigenvalue weighted by molar-refractivity contribution is -0.118. The SMILES string of the molecule is CC1CCCCN1CC(=O)Nc1ccccc1F. The molecule has 3 nitrogen and oxygen atoms in total. The number of para-hydroxylation sites is 1. The third-order valence-electron chi connectivity index (χ3n) is 3.44. The van der Waals surface area contributed by atoms with Gasteiger partial charge in [-0.15, -0.1) is 0 Å². The number of likely N-dealkylation sites (tertiary alicyclic amines) is 1. The number of carbonyl (C=O) groups excluding carboxylic acids is 1. The number of hydrogen-bond acceptors (Lipinski definition) is 2. The third kappa shape index (κ3) is 3.29. The second-order valence-electron chi connectivity index (χ2n) is 4.84. The Bertz CT molecular complexity index is 422. The third-order valence-corrected chi connectivity index (χ3v) is 3.44. The van der Waals surface area contributed by atoms with Crippen LogP contribution >= 0.6 is 0 Å². The lowest BCUT2D eigenvalue weighted by Crippen LogP contribution is -2.42. The molecule has 1 amide bonds. The Morgan fingerprint density at radius 3 is 2.94 bits per heavy atom. The molecule has 1 aromatic rings. The molecule has 2 rings (SSSR count). The van der Waals surface area contributed by atoms with Crippen LogP contribution in [0.3, 0.4) is 0 Å². The van der Waals surface area contributed by atoms with Crippen LogP contribution in [0.2, 0.25) is 0 Å².